The number of carbonyl (C=O) groups excluding carboxylic acids is 1. The van der Waals surface area contributed by atoms with Crippen LogP contribution in [0.4, 0.5) is 5.69 Å². The number of hydrogen-bond acceptors (Lipinski definition) is 5. The van der Waals surface area contributed by atoms with Crippen LogP contribution in [0.5, 0.6) is 5.88 Å². The van der Waals surface area contributed by atoms with Gasteiger partial charge in [0.1, 0.15) is 6.10 Å². The van der Waals surface area contributed by atoms with E-state index < -0.39 is 5.91 Å². The maximum Gasteiger partial charge on any atom is 0.250 e. The number of amides is 1. The van der Waals surface area contributed by atoms with Crippen LogP contribution in [0.3, 0.4) is 0 Å². The highest BCUT2D eigenvalue weighted by Gasteiger charge is 2.27. The van der Waals surface area contributed by atoms with Gasteiger partial charge in [0.25, 0.3) is 5.91 Å². The minimum Gasteiger partial charge on any atom is -0.472 e. The number of aromatic nitrogens is 2. The summed E-state index contributed by atoms with van der Waals surface area (Å²) in [4.78, 5) is 22.9. The number of aryl methyl sites for hydroxylation is 1. The normalized spacial score (nSPS) is 16.2. The van der Waals surface area contributed by atoms with Crippen LogP contribution < -0.4 is 15.4 Å². The van der Waals surface area contributed by atoms with Crippen molar-refractivity contribution in [2.75, 3.05) is 18.0 Å². The van der Waals surface area contributed by atoms with E-state index >= 15 is 0 Å². The van der Waals surface area contributed by atoms with Crippen LogP contribution in [0.15, 0.2) is 60.9 Å². The predicted molar refractivity (Wildman–Crippen MR) is 108 cm³/mol. The highest BCUT2D eigenvalue weighted by Crippen LogP contribution is 2.30. The molecule has 1 aromatic carbocycles. The third kappa shape index (κ3) is 3.81. The first-order valence-electron chi connectivity index (χ1n) is 9.29. The lowest BCUT2D eigenvalue weighted by Gasteiger charge is -2.21. The Balaban J connectivity index is 1.54. The second kappa shape index (κ2) is 7.68. The molecule has 28 heavy (non-hydrogen) atoms. The second-order valence-corrected chi connectivity index (χ2v) is 6.96. The number of carbonyl (C=O) groups is 1. The molecule has 1 saturated heterocycles. The van der Waals surface area contributed by atoms with E-state index in [1.807, 2.05) is 55.5 Å². The molecule has 0 radical (unpaired) electrons. The van der Waals surface area contributed by atoms with Crippen molar-refractivity contribution in [3.05, 3.63) is 72.1 Å². The predicted octanol–water partition coefficient (Wildman–Crippen LogP) is 3.21. The van der Waals surface area contributed by atoms with Gasteiger partial charge in [-0.2, -0.15) is 0 Å². The monoisotopic (exact) mass is 374 g/mol. The molecule has 3 heterocycles. The van der Waals surface area contributed by atoms with Crippen LogP contribution in [0.2, 0.25) is 0 Å². The van der Waals surface area contributed by atoms with E-state index in [9.17, 15) is 4.79 Å². The van der Waals surface area contributed by atoms with E-state index in [4.69, 9.17) is 10.5 Å². The number of ether oxygens (including phenoxy) is 1. The maximum absolute atomic E-state index is 12.1. The van der Waals surface area contributed by atoms with E-state index in [1.165, 1.54) is 0 Å². The van der Waals surface area contributed by atoms with E-state index in [2.05, 4.69) is 14.9 Å². The van der Waals surface area contributed by atoms with E-state index in [0.717, 1.165) is 35.5 Å². The number of nitrogens with zero attached hydrogens (tertiary/aromatic N) is 3. The third-order valence-corrected chi connectivity index (χ3v) is 4.88. The van der Waals surface area contributed by atoms with E-state index in [1.54, 1.807) is 12.4 Å². The molecule has 0 spiro atoms. The van der Waals surface area contributed by atoms with Crippen molar-refractivity contribution in [1.82, 2.24) is 9.97 Å². The highest BCUT2D eigenvalue weighted by molar-refractivity contribution is 6.00. The molecule has 4 rings (SSSR count). The van der Waals surface area contributed by atoms with Gasteiger partial charge in [0.2, 0.25) is 5.88 Å². The summed E-state index contributed by atoms with van der Waals surface area (Å²) in [6, 6.07) is 15.3. The summed E-state index contributed by atoms with van der Waals surface area (Å²) in [6.45, 7) is 3.46. The largest absolute Gasteiger partial charge is 0.472 e. The first-order valence-corrected chi connectivity index (χ1v) is 9.29. The Morgan fingerprint density at radius 3 is 2.79 bits per heavy atom. The summed E-state index contributed by atoms with van der Waals surface area (Å²) in [5, 5.41) is 0. The molecule has 2 aromatic heterocycles. The van der Waals surface area contributed by atoms with Gasteiger partial charge in [-0.3, -0.25) is 9.78 Å². The van der Waals surface area contributed by atoms with Crippen LogP contribution in [0.1, 0.15) is 22.3 Å². The van der Waals surface area contributed by atoms with Gasteiger partial charge in [0.15, 0.2) is 0 Å². The quantitative estimate of drug-likeness (QED) is 0.742. The van der Waals surface area contributed by atoms with Gasteiger partial charge in [0, 0.05) is 42.7 Å². The third-order valence-electron chi connectivity index (χ3n) is 4.88. The van der Waals surface area contributed by atoms with Crippen LogP contribution >= 0.6 is 0 Å². The zero-order chi connectivity index (χ0) is 19.5. The standard InChI is InChI=1S/C22H22N4O2/c1-15-5-8-21(25-13-15)28-17-9-11-26(14-17)20-7-6-16(12-18(20)22(23)27)19-4-2-3-10-24-19/h2-8,10,12-13,17H,9,11,14H2,1H3,(H2,23,27)/t17-/m0/s1. The minimum atomic E-state index is -0.447. The molecule has 2 N–H and O–H groups in total. The summed E-state index contributed by atoms with van der Waals surface area (Å²) in [5.41, 5.74) is 9.78. The fraction of sp³-hybridized carbons (Fsp3) is 0.227. The lowest BCUT2D eigenvalue weighted by molar-refractivity contribution is 0.100. The van der Waals surface area contributed by atoms with Crippen LogP contribution in [0.25, 0.3) is 11.3 Å². The van der Waals surface area contributed by atoms with E-state index in [0.29, 0.717) is 18.0 Å². The number of nitrogens with two attached hydrogens (primary N) is 1. The average molecular weight is 374 g/mol. The Labute approximate surface area is 164 Å². The van der Waals surface area contributed by atoms with Crippen molar-refractivity contribution >= 4 is 11.6 Å². The zero-order valence-corrected chi connectivity index (χ0v) is 15.7. The Kier molecular flexibility index (Phi) is 4.93. The molecule has 0 bridgehead atoms. The molecule has 6 nitrogen and oxygen atoms in total. The fourth-order valence-electron chi connectivity index (χ4n) is 3.44. The number of rotatable bonds is 5. The van der Waals surface area contributed by atoms with Crippen molar-refractivity contribution in [3.63, 3.8) is 0 Å². The number of hydrogen-bond donors (Lipinski definition) is 1. The molecule has 0 saturated carbocycles. The molecule has 1 aliphatic heterocycles. The SMILES string of the molecule is Cc1ccc(O[C@H]2CCN(c3ccc(-c4ccccn4)cc3C(N)=O)C2)nc1. The maximum atomic E-state index is 12.1. The highest BCUT2D eigenvalue weighted by atomic mass is 16.5. The van der Waals surface area contributed by atoms with Crippen molar-refractivity contribution < 1.29 is 9.53 Å². The zero-order valence-electron chi connectivity index (χ0n) is 15.7. The summed E-state index contributed by atoms with van der Waals surface area (Å²) in [7, 11) is 0. The smallest absolute Gasteiger partial charge is 0.250 e. The summed E-state index contributed by atoms with van der Waals surface area (Å²) in [5.74, 6) is 0.176. The molecule has 1 atom stereocenters. The molecule has 6 heteroatoms. The Bertz CT molecular complexity index is 974. The number of anilines is 1. The Hall–Kier alpha value is -3.41. The van der Waals surface area contributed by atoms with Crippen LogP contribution in [-0.4, -0.2) is 35.1 Å². The lowest BCUT2D eigenvalue weighted by atomic mass is 10.0. The van der Waals surface area contributed by atoms with Crippen LogP contribution in [0, 0.1) is 6.92 Å². The van der Waals surface area contributed by atoms with Crippen molar-refractivity contribution in [1.29, 1.82) is 0 Å². The minimum absolute atomic E-state index is 0.0198. The topological polar surface area (TPSA) is 81.3 Å². The molecular weight excluding hydrogens is 352 g/mol. The Morgan fingerprint density at radius 2 is 2.07 bits per heavy atom. The molecule has 3 aromatic rings. The molecular formula is C22H22N4O2. The average Bonchev–Trinajstić information content (AvgIpc) is 3.18. The molecule has 0 aliphatic carbocycles. The van der Waals surface area contributed by atoms with Crippen molar-refractivity contribution in [2.45, 2.75) is 19.4 Å². The van der Waals surface area contributed by atoms with Gasteiger partial charge in [-0.05, 0) is 36.8 Å². The molecule has 0 unspecified atom stereocenters. The first kappa shape index (κ1) is 18.0. The van der Waals surface area contributed by atoms with Crippen molar-refractivity contribution in [2.24, 2.45) is 5.73 Å². The summed E-state index contributed by atoms with van der Waals surface area (Å²) < 4.78 is 6.00. The molecule has 1 fully saturated rings. The van der Waals surface area contributed by atoms with Crippen molar-refractivity contribution in [3.8, 4) is 17.1 Å². The van der Waals surface area contributed by atoms with E-state index in [-0.39, 0.29) is 6.10 Å². The molecule has 142 valence electrons. The Morgan fingerprint density at radius 1 is 1.18 bits per heavy atom. The number of benzene rings is 1. The summed E-state index contributed by atoms with van der Waals surface area (Å²) >= 11 is 0. The number of pyridine rings is 2. The van der Waals surface area contributed by atoms with Gasteiger partial charge < -0.3 is 15.4 Å². The number of primary amides is 1. The molecule has 1 amide bonds. The second-order valence-electron chi connectivity index (χ2n) is 6.96. The molecule has 1 aliphatic rings. The van der Waals surface area contributed by atoms with Gasteiger partial charge in [0.05, 0.1) is 17.8 Å². The lowest BCUT2D eigenvalue weighted by Crippen LogP contribution is -2.27. The van der Waals surface area contributed by atoms with Gasteiger partial charge in [-0.1, -0.05) is 18.2 Å². The van der Waals surface area contributed by atoms with Crippen LogP contribution in [-0.2, 0) is 0 Å². The fourth-order valence-corrected chi connectivity index (χ4v) is 3.44. The van der Waals surface area contributed by atoms with Gasteiger partial charge in [-0.25, -0.2) is 4.98 Å². The summed E-state index contributed by atoms with van der Waals surface area (Å²) in [6.07, 6.45) is 4.40. The first-order chi connectivity index (χ1) is 13.6. The van der Waals surface area contributed by atoms with Gasteiger partial charge in [-0.15, -0.1) is 0 Å². The van der Waals surface area contributed by atoms with Gasteiger partial charge >= 0.3 is 0 Å².